The number of benzene rings is 2. The molecule has 180 valence electrons. The summed E-state index contributed by atoms with van der Waals surface area (Å²) in [5.41, 5.74) is 5.92. The Labute approximate surface area is 207 Å². The predicted molar refractivity (Wildman–Crippen MR) is 141 cm³/mol. The lowest BCUT2D eigenvalue weighted by Crippen LogP contribution is -2.27. The Balaban J connectivity index is 1.36. The van der Waals surface area contributed by atoms with E-state index in [0.717, 1.165) is 28.0 Å². The Morgan fingerprint density at radius 2 is 1.97 bits per heavy atom. The number of aromatic amines is 1. The van der Waals surface area contributed by atoms with E-state index in [4.69, 9.17) is 0 Å². The molecule has 2 aromatic carbocycles. The molecule has 1 amide bonds. The summed E-state index contributed by atoms with van der Waals surface area (Å²) in [5, 5.41) is 18.6. The smallest absolute Gasteiger partial charge is 0.318 e. The number of carbonyl (C=O) groups is 1. The fourth-order valence-corrected chi connectivity index (χ4v) is 4.07. The first-order valence-corrected chi connectivity index (χ1v) is 11.5. The molecule has 3 heterocycles. The summed E-state index contributed by atoms with van der Waals surface area (Å²) in [6, 6.07) is 14.4. The minimum atomic E-state index is -0.418. The van der Waals surface area contributed by atoms with Crippen LogP contribution in [-0.2, 0) is 4.79 Å². The number of hydrazone groups is 1. The lowest BCUT2D eigenvalue weighted by Gasteiger charge is -2.13. The molecule has 0 unspecified atom stereocenters. The van der Waals surface area contributed by atoms with E-state index in [9.17, 15) is 9.18 Å². The number of hydrogen-bond donors (Lipinski definition) is 3. The molecule has 0 radical (unpaired) electrons. The molecular formula is C27H25FN7O+. The Bertz CT molecular complexity index is 1570. The number of hydrogen-bond acceptors (Lipinski definition) is 5. The second kappa shape index (κ2) is 9.53. The van der Waals surface area contributed by atoms with Crippen LogP contribution in [0.15, 0.2) is 59.8 Å². The van der Waals surface area contributed by atoms with Crippen molar-refractivity contribution in [3.05, 3.63) is 77.5 Å². The van der Waals surface area contributed by atoms with Crippen molar-refractivity contribution in [1.29, 1.82) is 0 Å². The van der Waals surface area contributed by atoms with E-state index in [1.807, 2.05) is 55.5 Å². The van der Waals surface area contributed by atoms with Crippen LogP contribution >= 0.6 is 0 Å². The SMILES string of the molecule is CC1=N[N+](C)=C(C(=O)Nc2cc(Nc3ccc4c(C=Cc5ccccn5)n[nH]c4c3)c(F)cc2C)C1. The number of pyridine rings is 1. The maximum Gasteiger partial charge on any atom is 0.318 e. The number of rotatable bonds is 6. The number of fused-ring (bicyclic) bond motifs is 1. The standard InChI is InChI=1S/C27H24FN7O/c1-16-12-21(28)25(15-23(16)31-27(36)26-13-17(2)34-35(26)3)30-19-7-9-20-22(32-33-24(20)14-19)10-8-18-6-4-5-11-29-18/h4-12,14-15,31,36H,13H2,1-3H3/p+1. The van der Waals surface area contributed by atoms with E-state index >= 15 is 0 Å². The largest absolute Gasteiger partial charge is 0.353 e. The first-order valence-electron chi connectivity index (χ1n) is 11.5. The molecule has 0 atom stereocenters. The van der Waals surface area contributed by atoms with Gasteiger partial charge in [-0.3, -0.25) is 14.9 Å². The third-order valence-electron chi connectivity index (χ3n) is 5.93. The Kier molecular flexibility index (Phi) is 6.12. The number of nitrogens with zero attached hydrogens (tertiary/aromatic N) is 4. The summed E-state index contributed by atoms with van der Waals surface area (Å²) in [6.45, 7) is 3.63. The summed E-state index contributed by atoms with van der Waals surface area (Å²) in [7, 11) is 1.74. The van der Waals surface area contributed by atoms with E-state index in [1.54, 1.807) is 30.9 Å². The summed E-state index contributed by atoms with van der Waals surface area (Å²) in [5.74, 6) is -0.678. The lowest BCUT2D eigenvalue weighted by molar-refractivity contribution is -0.498. The second-order valence-corrected chi connectivity index (χ2v) is 8.67. The van der Waals surface area contributed by atoms with Gasteiger partial charge >= 0.3 is 5.91 Å². The highest BCUT2D eigenvalue weighted by Crippen LogP contribution is 2.29. The fourth-order valence-electron chi connectivity index (χ4n) is 4.07. The van der Waals surface area contributed by atoms with Crippen molar-refractivity contribution in [1.82, 2.24) is 15.2 Å². The van der Waals surface area contributed by atoms with Gasteiger partial charge in [0, 0.05) is 23.0 Å². The van der Waals surface area contributed by atoms with Crippen molar-refractivity contribution in [3.63, 3.8) is 0 Å². The van der Waals surface area contributed by atoms with E-state index in [2.05, 4.69) is 30.9 Å². The van der Waals surface area contributed by atoms with Crippen LogP contribution in [0.2, 0.25) is 0 Å². The number of amides is 1. The van der Waals surface area contributed by atoms with Gasteiger partial charge in [0.1, 0.15) is 5.82 Å². The first kappa shape index (κ1) is 23.1. The average molecular weight is 483 g/mol. The summed E-state index contributed by atoms with van der Waals surface area (Å²) >= 11 is 0. The van der Waals surface area contributed by atoms with Gasteiger partial charge in [-0.25, -0.2) is 4.39 Å². The Morgan fingerprint density at radius 1 is 1.11 bits per heavy atom. The molecular weight excluding hydrogens is 457 g/mol. The molecule has 1 aliphatic rings. The van der Waals surface area contributed by atoms with Crippen LogP contribution in [0.4, 0.5) is 21.5 Å². The van der Waals surface area contributed by atoms with E-state index in [1.165, 1.54) is 6.07 Å². The fraction of sp³-hybridized carbons (Fsp3) is 0.148. The Hall–Kier alpha value is -4.66. The number of H-pyrrole nitrogens is 1. The minimum absolute atomic E-state index is 0.252. The van der Waals surface area contributed by atoms with Crippen molar-refractivity contribution < 1.29 is 13.9 Å². The third-order valence-corrected chi connectivity index (χ3v) is 5.93. The molecule has 2 aromatic heterocycles. The zero-order chi connectivity index (χ0) is 25.2. The molecule has 0 saturated carbocycles. The molecule has 8 nitrogen and oxygen atoms in total. The minimum Gasteiger partial charge on any atom is -0.353 e. The van der Waals surface area contributed by atoms with Gasteiger partial charge in [-0.05, 0) is 79.1 Å². The Morgan fingerprint density at radius 3 is 2.72 bits per heavy atom. The molecule has 36 heavy (non-hydrogen) atoms. The van der Waals surface area contributed by atoms with Gasteiger partial charge in [-0.2, -0.15) is 5.10 Å². The van der Waals surface area contributed by atoms with Crippen LogP contribution in [-0.4, -0.2) is 44.2 Å². The maximum atomic E-state index is 14.8. The summed E-state index contributed by atoms with van der Waals surface area (Å²) in [4.78, 5) is 17.1. The van der Waals surface area contributed by atoms with Crippen LogP contribution in [0.1, 0.15) is 30.3 Å². The number of carbonyl (C=O) groups excluding carboxylic acids is 1. The molecule has 4 aromatic rings. The van der Waals surface area contributed by atoms with E-state index in [0.29, 0.717) is 29.1 Å². The number of nitrogens with one attached hydrogen (secondary N) is 3. The van der Waals surface area contributed by atoms with Crippen molar-refractivity contribution in [2.45, 2.75) is 20.3 Å². The normalized spacial score (nSPS) is 13.5. The topological polar surface area (TPSA) is 98.1 Å². The quantitative estimate of drug-likeness (QED) is 0.332. The molecule has 3 N–H and O–H groups in total. The molecule has 0 bridgehead atoms. The molecule has 9 heteroatoms. The van der Waals surface area contributed by atoms with Gasteiger partial charge in [-0.1, -0.05) is 10.8 Å². The van der Waals surface area contributed by atoms with E-state index < -0.39 is 5.82 Å². The van der Waals surface area contributed by atoms with Gasteiger partial charge in [0.25, 0.3) is 5.71 Å². The van der Waals surface area contributed by atoms with Crippen LogP contribution in [0.25, 0.3) is 23.1 Å². The van der Waals surface area contributed by atoms with Gasteiger partial charge in [0.05, 0.1) is 34.7 Å². The van der Waals surface area contributed by atoms with E-state index in [-0.39, 0.29) is 11.6 Å². The monoisotopic (exact) mass is 482 g/mol. The van der Waals surface area contributed by atoms with Gasteiger partial charge in [0.15, 0.2) is 7.05 Å². The number of halogens is 1. The summed E-state index contributed by atoms with van der Waals surface area (Å²) in [6.07, 6.45) is 6.02. The zero-order valence-corrected chi connectivity index (χ0v) is 20.1. The molecule has 0 saturated heterocycles. The van der Waals surface area contributed by atoms with Crippen LogP contribution in [0.5, 0.6) is 0 Å². The van der Waals surface area contributed by atoms with Crippen molar-refractivity contribution in [2.75, 3.05) is 17.7 Å². The highest BCUT2D eigenvalue weighted by Gasteiger charge is 2.28. The predicted octanol–water partition coefficient (Wildman–Crippen LogP) is 5.12. The molecule has 5 rings (SSSR count). The van der Waals surface area contributed by atoms with Gasteiger partial charge < -0.3 is 10.6 Å². The lowest BCUT2D eigenvalue weighted by atomic mass is 10.1. The molecule has 0 spiro atoms. The number of aromatic nitrogens is 3. The summed E-state index contributed by atoms with van der Waals surface area (Å²) < 4.78 is 16.4. The second-order valence-electron chi connectivity index (χ2n) is 8.67. The maximum absolute atomic E-state index is 14.8. The number of aryl methyl sites for hydroxylation is 1. The van der Waals surface area contributed by atoms with Crippen molar-refractivity contribution in [3.8, 4) is 0 Å². The highest BCUT2D eigenvalue weighted by molar-refractivity contribution is 6.44. The average Bonchev–Trinajstić information content (AvgIpc) is 3.42. The molecule has 0 aliphatic carbocycles. The highest BCUT2D eigenvalue weighted by atomic mass is 19.1. The molecule has 0 fully saturated rings. The van der Waals surface area contributed by atoms with Crippen LogP contribution < -0.4 is 10.6 Å². The first-order chi connectivity index (χ1) is 17.4. The number of anilines is 3. The van der Waals surface area contributed by atoms with Crippen molar-refractivity contribution in [2.24, 2.45) is 5.10 Å². The van der Waals surface area contributed by atoms with Crippen LogP contribution in [0, 0.1) is 12.7 Å². The van der Waals surface area contributed by atoms with Gasteiger partial charge in [0.2, 0.25) is 0 Å². The van der Waals surface area contributed by atoms with Crippen LogP contribution in [0.3, 0.4) is 0 Å². The zero-order valence-electron chi connectivity index (χ0n) is 20.1. The third kappa shape index (κ3) is 4.76. The van der Waals surface area contributed by atoms with Gasteiger partial charge in [-0.15, -0.1) is 0 Å². The molecule has 1 aliphatic heterocycles. The van der Waals surface area contributed by atoms with Crippen molar-refractivity contribution >= 4 is 57.4 Å².